The normalized spacial score (nSPS) is 11.1. The summed E-state index contributed by atoms with van der Waals surface area (Å²) >= 11 is 0. The lowest BCUT2D eigenvalue weighted by Gasteiger charge is -2.07. The average molecular weight is 507 g/mol. The van der Waals surface area contributed by atoms with Crippen molar-refractivity contribution in [1.29, 1.82) is 0 Å². The van der Waals surface area contributed by atoms with Crippen LogP contribution in [0.15, 0.2) is 0 Å². The van der Waals surface area contributed by atoms with E-state index >= 15 is 0 Å². The van der Waals surface area contributed by atoms with Crippen LogP contribution in [0.1, 0.15) is 129 Å². The molecule has 6 heteroatoms. The highest BCUT2D eigenvalue weighted by Gasteiger charge is 1.96. The molecule has 0 spiro atoms. The fourth-order valence-electron chi connectivity index (χ4n) is 3.63. The van der Waals surface area contributed by atoms with Crippen molar-refractivity contribution >= 4 is 0 Å². The molecule has 0 bridgehead atoms. The topological polar surface area (TPSA) is 88.4 Å². The quantitative estimate of drug-likeness (QED) is 0.106. The SMILES string of the molecule is CCCCCCCCCCCOCCOCCOCCCCCCCCCCC.OCC(O)CO. The predicted molar refractivity (Wildman–Crippen MR) is 147 cm³/mol. The second-order valence-electron chi connectivity index (χ2n) is 9.51. The van der Waals surface area contributed by atoms with Crippen molar-refractivity contribution in [3.05, 3.63) is 0 Å². The van der Waals surface area contributed by atoms with Crippen LogP contribution in [0.4, 0.5) is 0 Å². The van der Waals surface area contributed by atoms with E-state index in [1.54, 1.807) is 0 Å². The molecule has 0 saturated carbocycles. The number of hydrogen-bond donors (Lipinski definition) is 3. The van der Waals surface area contributed by atoms with E-state index in [1.165, 1.54) is 116 Å². The molecule has 0 aliphatic rings. The molecule has 0 radical (unpaired) electrons. The van der Waals surface area contributed by atoms with Crippen LogP contribution in [0.3, 0.4) is 0 Å². The minimum absolute atomic E-state index is 0.365. The Kier molecular flexibility index (Phi) is 37.9. The molecule has 0 saturated heterocycles. The van der Waals surface area contributed by atoms with Crippen LogP contribution in [0, 0.1) is 0 Å². The smallest absolute Gasteiger partial charge is 0.100 e. The molecule has 0 aliphatic heterocycles. The van der Waals surface area contributed by atoms with Crippen LogP contribution in [-0.4, -0.2) is 74.3 Å². The molecule has 0 aromatic rings. The van der Waals surface area contributed by atoms with E-state index in [0.29, 0.717) is 13.2 Å². The van der Waals surface area contributed by atoms with Gasteiger partial charge < -0.3 is 29.5 Å². The van der Waals surface area contributed by atoms with Gasteiger partial charge in [0.15, 0.2) is 0 Å². The van der Waals surface area contributed by atoms with Crippen molar-refractivity contribution in [2.24, 2.45) is 0 Å². The van der Waals surface area contributed by atoms with Gasteiger partial charge in [-0.3, -0.25) is 0 Å². The number of rotatable bonds is 28. The Morgan fingerprint density at radius 1 is 0.400 bits per heavy atom. The van der Waals surface area contributed by atoms with Gasteiger partial charge in [-0.1, -0.05) is 117 Å². The molecule has 6 nitrogen and oxygen atoms in total. The molecule has 0 fully saturated rings. The third kappa shape index (κ3) is 38.5. The van der Waals surface area contributed by atoms with Crippen LogP contribution in [0.25, 0.3) is 0 Å². The van der Waals surface area contributed by atoms with Crippen LogP contribution in [0.5, 0.6) is 0 Å². The molecule has 0 amide bonds. The summed E-state index contributed by atoms with van der Waals surface area (Å²) in [5.41, 5.74) is 0. The molecule has 0 unspecified atom stereocenters. The van der Waals surface area contributed by atoms with Crippen molar-refractivity contribution in [3.63, 3.8) is 0 Å². The van der Waals surface area contributed by atoms with Crippen LogP contribution in [0.2, 0.25) is 0 Å². The highest BCUT2D eigenvalue weighted by molar-refractivity contribution is 4.48. The van der Waals surface area contributed by atoms with Gasteiger partial charge in [0, 0.05) is 13.2 Å². The van der Waals surface area contributed by atoms with E-state index in [2.05, 4.69) is 13.8 Å². The zero-order valence-corrected chi connectivity index (χ0v) is 23.5. The van der Waals surface area contributed by atoms with Gasteiger partial charge in [-0.25, -0.2) is 0 Å². The van der Waals surface area contributed by atoms with Gasteiger partial charge >= 0.3 is 0 Å². The van der Waals surface area contributed by atoms with Crippen molar-refractivity contribution in [2.45, 2.75) is 136 Å². The summed E-state index contributed by atoms with van der Waals surface area (Å²) in [5.74, 6) is 0. The van der Waals surface area contributed by atoms with Gasteiger partial charge in [0.2, 0.25) is 0 Å². The Morgan fingerprint density at radius 3 is 0.914 bits per heavy atom. The van der Waals surface area contributed by atoms with E-state index in [1.807, 2.05) is 0 Å². The summed E-state index contributed by atoms with van der Waals surface area (Å²) in [5, 5.41) is 24.0. The molecule has 3 N–H and O–H groups in total. The van der Waals surface area contributed by atoms with E-state index in [4.69, 9.17) is 29.5 Å². The number of ether oxygens (including phenoxy) is 3. The molecule has 0 atom stereocenters. The highest BCUT2D eigenvalue weighted by atomic mass is 16.5. The molecule has 35 heavy (non-hydrogen) atoms. The summed E-state index contributed by atoms with van der Waals surface area (Å²) < 4.78 is 16.8. The molecular weight excluding hydrogens is 444 g/mol. The third-order valence-electron chi connectivity index (χ3n) is 5.95. The molecule has 0 heterocycles. The van der Waals surface area contributed by atoms with Gasteiger partial charge in [0.05, 0.1) is 39.6 Å². The van der Waals surface area contributed by atoms with E-state index in [-0.39, 0.29) is 13.2 Å². The lowest BCUT2D eigenvalue weighted by atomic mass is 10.1. The predicted octanol–water partition coefficient (Wildman–Crippen LogP) is 6.43. The van der Waals surface area contributed by atoms with Crippen LogP contribution in [-0.2, 0) is 14.2 Å². The maximum Gasteiger partial charge on any atom is 0.100 e. The molecular formula is C29H62O6. The van der Waals surface area contributed by atoms with Crippen molar-refractivity contribution in [2.75, 3.05) is 52.9 Å². The zero-order valence-electron chi connectivity index (χ0n) is 23.5. The first kappa shape index (κ1) is 36.9. The fraction of sp³-hybridized carbons (Fsp3) is 1.00. The lowest BCUT2D eigenvalue weighted by molar-refractivity contribution is 0.0132. The highest BCUT2D eigenvalue weighted by Crippen LogP contribution is 2.10. The van der Waals surface area contributed by atoms with Crippen molar-refractivity contribution in [1.82, 2.24) is 0 Å². The first-order chi connectivity index (χ1) is 17.2. The minimum Gasteiger partial charge on any atom is -0.394 e. The standard InChI is InChI=1S/C26H54O3.C3H8O3/c1-3-5-7-9-11-13-15-17-19-21-27-23-25-29-26-24-28-22-20-18-16-14-12-10-8-6-4-2;4-1-3(6)2-5/h3-26H2,1-2H3;3-6H,1-2H2. The van der Waals surface area contributed by atoms with Gasteiger partial charge in [-0.05, 0) is 12.8 Å². The molecule has 0 aromatic carbocycles. The fourth-order valence-corrected chi connectivity index (χ4v) is 3.63. The Hall–Kier alpha value is -0.240. The van der Waals surface area contributed by atoms with Crippen LogP contribution >= 0.6 is 0 Å². The lowest BCUT2D eigenvalue weighted by Crippen LogP contribution is -2.15. The average Bonchev–Trinajstić information content (AvgIpc) is 2.88. The third-order valence-corrected chi connectivity index (χ3v) is 5.95. The zero-order chi connectivity index (χ0) is 26.1. The van der Waals surface area contributed by atoms with Gasteiger partial charge in [0.25, 0.3) is 0 Å². The molecule has 0 aliphatic carbocycles. The summed E-state index contributed by atoms with van der Waals surface area (Å²) in [4.78, 5) is 0. The van der Waals surface area contributed by atoms with Crippen molar-refractivity contribution in [3.8, 4) is 0 Å². The van der Waals surface area contributed by atoms with E-state index in [9.17, 15) is 0 Å². The number of hydrogen-bond acceptors (Lipinski definition) is 6. The summed E-state index contributed by atoms with van der Waals surface area (Å²) in [6, 6.07) is 0. The molecule has 0 aromatic heterocycles. The monoisotopic (exact) mass is 506 g/mol. The van der Waals surface area contributed by atoms with E-state index in [0.717, 1.165) is 26.4 Å². The van der Waals surface area contributed by atoms with Gasteiger partial charge in [-0.15, -0.1) is 0 Å². The Bertz CT molecular complexity index is 313. The largest absolute Gasteiger partial charge is 0.394 e. The maximum absolute atomic E-state index is 8.17. The number of aliphatic hydroxyl groups is 3. The first-order valence-electron chi connectivity index (χ1n) is 14.9. The number of aliphatic hydroxyl groups excluding tert-OH is 3. The molecule has 0 rings (SSSR count). The second kappa shape index (κ2) is 35.9. The Labute approximate surface area is 218 Å². The Balaban J connectivity index is 0. The summed E-state index contributed by atoms with van der Waals surface area (Å²) in [6.45, 7) is 8.41. The van der Waals surface area contributed by atoms with Gasteiger partial charge in [0.1, 0.15) is 6.10 Å². The maximum atomic E-state index is 8.17. The number of unbranched alkanes of at least 4 members (excludes halogenated alkanes) is 16. The van der Waals surface area contributed by atoms with Crippen LogP contribution < -0.4 is 0 Å². The minimum atomic E-state index is -0.954. The van der Waals surface area contributed by atoms with E-state index < -0.39 is 6.10 Å². The Morgan fingerprint density at radius 2 is 0.657 bits per heavy atom. The summed E-state index contributed by atoms with van der Waals surface area (Å²) in [7, 11) is 0. The molecule has 214 valence electrons. The summed E-state index contributed by atoms with van der Waals surface area (Å²) in [6.07, 6.45) is 23.6. The van der Waals surface area contributed by atoms with Crippen molar-refractivity contribution < 1.29 is 29.5 Å². The van der Waals surface area contributed by atoms with Gasteiger partial charge in [-0.2, -0.15) is 0 Å². The first-order valence-corrected chi connectivity index (χ1v) is 14.9. The second-order valence-corrected chi connectivity index (χ2v) is 9.51.